The van der Waals surface area contributed by atoms with Crippen LogP contribution in [0.5, 0.6) is 5.75 Å². The molecular formula is C22H16BClFNOS. The monoisotopic (exact) mass is 407 g/mol. The molecular weight excluding hydrogens is 392 g/mol. The average molecular weight is 408 g/mol. The predicted molar refractivity (Wildman–Crippen MR) is 117 cm³/mol. The van der Waals surface area contributed by atoms with E-state index in [1.54, 1.807) is 36.2 Å². The summed E-state index contributed by atoms with van der Waals surface area (Å²) in [7, 11) is 0. The number of halogens is 2. The molecule has 1 aromatic heterocycles. The van der Waals surface area contributed by atoms with Crippen LogP contribution in [0.25, 0.3) is 10.9 Å². The number of thioether (sulfide) groups is 1. The van der Waals surface area contributed by atoms with Gasteiger partial charge in [-0.2, -0.15) is 0 Å². The quantitative estimate of drug-likeness (QED) is 0.346. The van der Waals surface area contributed by atoms with Crippen LogP contribution in [-0.4, -0.2) is 18.2 Å². The molecule has 0 aliphatic rings. The smallest absolute Gasteiger partial charge is 0.426 e. The molecule has 2 nitrogen and oxygen atoms in total. The van der Waals surface area contributed by atoms with Crippen LogP contribution in [0.3, 0.4) is 0 Å². The van der Waals surface area contributed by atoms with E-state index in [1.807, 2.05) is 42.7 Å². The van der Waals surface area contributed by atoms with Gasteiger partial charge in [0.05, 0.1) is 0 Å². The average Bonchev–Trinajstić information content (AvgIpc) is 2.74. The molecule has 0 atom stereocenters. The summed E-state index contributed by atoms with van der Waals surface area (Å²) < 4.78 is 20.6. The van der Waals surface area contributed by atoms with E-state index in [2.05, 4.69) is 17.1 Å². The molecule has 0 aliphatic carbocycles. The van der Waals surface area contributed by atoms with Crippen molar-refractivity contribution in [3.8, 4) is 5.75 Å². The van der Waals surface area contributed by atoms with Crippen molar-refractivity contribution in [2.75, 3.05) is 6.26 Å². The molecule has 0 aliphatic heterocycles. The van der Waals surface area contributed by atoms with Gasteiger partial charge in [-0.15, -0.1) is 11.8 Å². The van der Waals surface area contributed by atoms with Crippen LogP contribution < -0.4 is 15.6 Å². The fourth-order valence-corrected chi connectivity index (χ4v) is 3.70. The van der Waals surface area contributed by atoms with Crippen LogP contribution in [0.1, 0.15) is 0 Å². The second-order valence-electron chi connectivity index (χ2n) is 6.27. The van der Waals surface area contributed by atoms with E-state index < -0.39 is 0 Å². The highest BCUT2D eigenvalue weighted by molar-refractivity contribution is 7.98. The molecule has 0 amide bonds. The van der Waals surface area contributed by atoms with Gasteiger partial charge in [-0.1, -0.05) is 35.9 Å². The molecule has 0 saturated carbocycles. The van der Waals surface area contributed by atoms with Gasteiger partial charge in [-0.05, 0) is 65.7 Å². The number of pyridine rings is 1. The van der Waals surface area contributed by atoms with Crippen molar-refractivity contribution in [1.29, 1.82) is 0 Å². The normalized spacial score (nSPS) is 10.8. The van der Waals surface area contributed by atoms with Crippen LogP contribution in [0, 0.1) is 5.82 Å². The van der Waals surface area contributed by atoms with Crippen molar-refractivity contribution >= 4 is 52.1 Å². The van der Waals surface area contributed by atoms with Gasteiger partial charge in [0.1, 0.15) is 17.1 Å². The largest absolute Gasteiger partial charge is 0.550 e. The standard InChI is InChI=1S/C22H16BClFNOS/c1-28-18-5-2-4-16(14-18)23(15-7-9-17(24)10-8-15)27-21-12-11-20(25)19-6-3-13-26-22(19)21/h2-14H,1H3. The van der Waals surface area contributed by atoms with E-state index in [9.17, 15) is 4.39 Å². The highest BCUT2D eigenvalue weighted by atomic mass is 35.5. The molecule has 6 heteroatoms. The molecule has 3 aromatic carbocycles. The van der Waals surface area contributed by atoms with Crippen molar-refractivity contribution in [1.82, 2.24) is 4.98 Å². The fourth-order valence-electron chi connectivity index (χ4n) is 3.10. The minimum atomic E-state index is -0.375. The summed E-state index contributed by atoms with van der Waals surface area (Å²) in [5, 5.41) is 1.10. The zero-order chi connectivity index (χ0) is 19.5. The van der Waals surface area contributed by atoms with Crippen molar-refractivity contribution in [3.05, 3.63) is 89.8 Å². The molecule has 0 bridgehead atoms. The Morgan fingerprint density at radius 3 is 2.57 bits per heavy atom. The van der Waals surface area contributed by atoms with Crippen molar-refractivity contribution in [2.45, 2.75) is 4.90 Å². The van der Waals surface area contributed by atoms with E-state index in [4.69, 9.17) is 16.3 Å². The van der Waals surface area contributed by atoms with Crippen molar-refractivity contribution in [3.63, 3.8) is 0 Å². The van der Waals surface area contributed by atoms with Crippen LogP contribution in [0.4, 0.5) is 4.39 Å². The number of nitrogens with zero attached hydrogens (tertiary/aromatic N) is 1. The second kappa shape index (κ2) is 8.25. The lowest BCUT2D eigenvalue weighted by molar-refractivity contribution is 0.591. The van der Waals surface area contributed by atoms with Crippen molar-refractivity contribution in [2.24, 2.45) is 0 Å². The van der Waals surface area contributed by atoms with Gasteiger partial charge in [0, 0.05) is 21.5 Å². The Labute approximate surface area is 172 Å². The number of aromatic nitrogens is 1. The number of hydrogen-bond acceptors (Lipinski definition) is 3. The first-order chi connectivity index (χ1) is 13.7. The van der Waals surface area contributed by atoms with E-state index >= 15 is 0 Å². The summed E-state index contributed by atoms with van der Waals surface area (Å²) in [4.78, 5) is 5.48. The summed E-state index contributed by atoms with van der Waals surface area (Å²) in [5.41, 5.74) is 2.46. The molecule has 4 rings (SSSR count). The van der Waals surface area contributed by atoms with Gasteiger partial charge in [0.25, 0.3) is 0 Å². The van der Waals surface area contributed by atoms with Crippen LogP contribution >= 0.6 is 23.4 Å². The molecule has 4 aromatic rings. The molecule has 0 fully saturated rings. The maximum Gasteiger partial charge on any atom is 0.426 e. The number of benzene rings is 3. The van der Waals surface area contributed by atoms with Crippen molar-refractivity contribution < 1.29 is 9.04 Å². The molecule has 28 heavy (non-hydrogen) atoms. The van der Waals surface area contributed by atoms with Gasteiger partial charge < -0.3 is 4.65 Å². The summed E-state index contributed by atoms with van der Waals surface area (Å²) in [6.45, 7) is -0.375. The second-order valence-corrected chi connectivity index (χ2v) is 7.59. The number of fused-ring (bicyclic) bond motifs is 1. The number of rotatable bonds is 5. The Hall–Kier alpha value is -2.50. The summed E-state index contributed by atoms with van der Waals surface area (Å²) in [6, 6.07) is 22.2. The van der Waals surface area contributed by atoms with Gasteiger partial charge in [-0.25, -0.2) is 4.39 Å². The first kappa shape index (κ1) is 18.8. The Morgan fingerprint density at radius 1 is 0.964 bits per heavy atom. The highest BCUT2D eigenvalue weighted by Gasteiger charge is 2.25. The number of hydrogen-bond donors (Lipinski definition) is 0. The molecule has 0 unspecified atom stereocenters. The summed E-state index contributed by atoms with van der Waals surface area (Å²) in [6.07, 6.45) is 3.68. The minimum absolute atomic E-state index is 0.317. The topological polar surface area (TPSA) is 22.1 Å². The van der Waals surface area contributed by atoms with Crippen LogP contribution in [-0.2, 0) is 0 Å². The zero-order valence-corrected chi connectivity index (χ0v) is 16.7. The van der Waals surface area contributed by atoms with E-state index in [0.717, 1.165) is 15.8 Å². The SMILES string of the molecule is CSc1cccc(B(Oc2ccc(F)c3cccnc23)c2ccc(Cl)cc2)c1. The minimum Gasteiger partial charge on any atom is -0.550 e. The fraction of sp³-hybridized carbons (Fsp3) is 0.0455. The lowest BCUT2D eigenvalue weighted by Crippen LogP contribution is -2.47. The molecule has 0 N–H and O–H groups in total. The first-order valence-corrected chi connectivity index (χ1v) is 10.4. The maximum atomic E-state index is 14.2. The Morgan fingerprint density at radius 2 is 1.79 bits per heavy atom. The van der Waals surface area contributed by atoms with E-state index in [0.29, 0.717) is 21.7 Å². The van der Waals surface area contributed by atoms with Gasteiger partial charge in [-0.3, -0.25) is 4.98 Å². The molecule has 1 heterocycles. The molecule has 138 valence electrons. The third-order valence-corrected chi connectivity index (χ3v) is 5.47. The highest BCUT2D eigenvalue weighted by Crippen LogP contribution is 2.26. The van der Waals surface area contributed by atoms with E-state index in [-0.39, 0.29) is 12.7 Å². The third-order valence-electron chi connectivity index (χ3n) is 4.49. The third kappa shape index (κ3) is 3.86. The molecule has 0 spiro atoms. The predicted octanol–water partition coefficient (Wildman–Crippen LogP) is 4.93. The lowest BCUT2D eigenvalue weighted by Gasteiger charge is -2.18. The first-order valence-electron chi connectivity index (χ1n) is 8.75. The Balaban J connectivity index is 1.82. The van der Waals surface area contributed by atoms with Crippen LogP contribution in [0.2, 0.25) is 5.02 Å². The zero-order valence-electron chi connectivity index (χ0n) is 15.1. The molecule has 0 saturated heterocycles. The lowest BCUT2D eigenvalue weighted by atomic mass is 9.55. The van der Waals surface area contributed by atoms with Gasteiger partial charge in [0.15, 0.2) is 0 Å². The summed E-state index contributed by atoms with van der Waals surface area (Å²) >= 11 is 7.74. The van der Waals surface area contributed by atoms with Gasteiger partial charge in [0.2, 0.25) is 0 Å². The van der Waals surface area contributed by atoms with E-state index in [1.165, 1.54) is 6.07 Å². The molecule has 0 radical (unpaired) electrons. The van der Waals surface area contributed by atoms with Gasteiger partial charge >= 0.3 is 6.92 Å². The Kier molecular flexibility index (Phi) is 5.56. The maximum absolute atomic E-state index is 14.2. The van der Waals surface area contributed by atoms with Crippen LogP contribution in [0.15, 0.2) is 83.9 Å². The Bertz CT molecular complexity index is 1120. The summed E-state index contributed by atoms with van der Waals surface area (Å²) in [5.74, 6) is 0.217.